The number of hydrogen-bond acceptors (Lipinski definition) is 3. The number of amides is 1. The number of hydrogen-bond donors (Lipinski definition) is 1. The topological polar surface area (TPSA) is 54.9 Å². The molecule has 4 heteroatoms. The summed E-state index contributed by atoms with van der Waals surface area (Å²) < 4.78 is 0. The number of rotatable bonds is 3. The van der Waals surface area contributed by atoms with Gasteiger partial charge in [0.2, 0.25) is 5.91 Å². The van der Waals surface area contributed by atoms with Gasteiger partial charge in [0, 0.05) is 18.8 Å². The highest BCUT2D eigenvalue weighted by Crippen LogP contribution is 2.03. The lowest BCUT2D eigenvalue weighted by molar-refractivity contribution is -0.121. The molecule has 4 nitrogen and oxygen atoms in total. The Morgan fingerprint density at radius 3 is 2.40 bits per heavy atom. The Kier molecular flexibility index (Phi) is 7.14. The molecule has 0 saturated heterocycles. The van der Waals surface area contributed by atoms with Crippen LogP contribution >= 0.6 is 0 Å². The van der Waals surface area contributed by atoms with Crippen molar-refractivity contribution >= 4 is 5.91 Å². The van der Waals surface area contributed by atoms with Crippen molar-refractivity contribution in [3.63, 3.8) is 0 Å². The van der Waals surface area contributed by atoms with Crippen LogP contribution in [0.5, 0.6) is 0 Å². The van der Waals surface area contributed by atoms with Gasteiger partial charge in [-0.05, 0) is 13.0 Å². The fraction of sp³-hybridized carbons (Fsp3) is 0.545. The molecule has 1 unspecified atom stereocenters. The minimum Gasteiger partial charge on any atom is -0.346 e. The van der Waals surface area contributed by atoms with E-state index in [9.17, 15) is 4.79 Å². The molecule has 0 fully saturated rings. The molecule has 0 aliphatic heterocycles. The van der Waals surface area contributed by atoms with Crippen molar-refractivity contribution in [1.82, 2.24) is 15.3 Å². The smallest absolute Gasteiger partial charge is 0.220 e. The Morgan fingerprint density at radius 2 is 1.93 bits per heavy atom. The third kappa shape index (κ3) is 5.10. The summed E-state index contributed by atoms with van der Waals surface area (Å²) in [5, 5.41) is 2.78. The third-order valence-electron chi connectivity index (χ3n) is 1.67. The Hall–Kier alpha value is -1.45. The monoisotopic (exact) mass is 209 g/mol. The molecule has 1 heterocycles. The van der Waals surface area contributed by atoms with Crippen LogP contribution in [0.15, 0.2) is 18.5 Å². The van der Waals surface area contributed by atoms with Gasteiger partial charge < -0.3 is 5.32 Å². The van der Waals surface area contributed by atoms with E-state index in [0.717, 1.165) is 0 Å². The first-order valence-electron chi connectivity index (χ1n) is 5.30. The first-order chi connectivity index (χ1) is 7.24. The summed E-state index contributed by atoms with van der Waals surface area (Å²) in [5.41, 5.74) is 0. The molecule has 1 amide bonds. The van der Waals surface area contributed by atoms with Gasteiger partial charge in [0.15, 0.2) is 0 Å². The van der Waals surface area contributed by atoms with Gasteiger partial charge in [0.25, 0.3) is 0 Å². The zero-order valence-corrected chi connectivity index (χ0v) is 9.82. The molecule has 0 saturated carbocycles. The fourth-order valence-electron chi connectivity index (χ4n) is 0.942. The lowest BCUT2D eigenvalue weighted by Crippen LogP contribution is -2.26. The van der Waals surface area contributed by atoms with Crippen LogP contribution in [-0.4, -0.2) is 15.9 Å². The van der Waals surface area contributed by atoms with Crippen molar-refractivity contribution in [3.05, 3.63) is 24.3 Å². The van der Waals surface area contributed by atoms with Crippen LogP contribution in [0, 0.1) is 0 Å². The van der Waals surface area contributed by atoms with Crippen LogP contribution in [0.4, 0.5) is 0 Å². The third-order valence-corrected chi connectivity index (χ3v) is 1.67. The molecule has 84 valence electrons. The second-order valence-electron chi connectivity index (χ2n) is 2.75. The van der Waals surface area contributed by atoms with Crippen molar-refractivity contribution in [2.24, 2.45) is 0 Å². The van der Waals surface area contributed by atoms with Gasteiger partial charge in [-0.25, -0.2) is 9.97 Å². The average Bonchev–Trinajstić information content (AvgIpc) is 2.32. The van der Waals surface area contributed by atoms with Crippen molar-refractivity contribution in [2.75, 3.05) is 0 Å². The quantitative estimate of drug-likeness (QED) is 0.829. The van der Waals surface area contributed by atoms with E-state index < -0.39 is 0 Å². The van der Waals surface area contributed by atoms with Crippen LogP contribution in [-0.2, 0) is 4.79 Å². The highest BCUT2D eigenvalue weighted by molar-refractivity contribution is 5.75. The summed E-state index contributed by atoms with van der Waals surface area (Å²) in [5.74, 6) is 0.657. The Labute approximate surface area is 91.1 Å². The van der Waals surface area contributed by atoms with Crippen molar-refractivity contribution in [2.45, 2.75) is 40.2 Å². The molecule has 1 rings (SSSR count). The molecule has 1 atom stereocenters. The SMILES string of the molecule is CC.CCC(=O)NC(C)c1ncccn1. The standard InChI is InChI=1S/C9H13N3O.C2H6/c1-3-8(13)12-7(2)9-10-5-4-6-11-9;1-2/h4-7H,3H2,1-2H3,(H,12,13);1-2H3. The fourth-order valence-corrected chi connectivity index (χ4v) is 0.942. The Balaban J connectivity index is 0.000000921. The summed E-state index contributed by atoms with van der Waals surface area (Å²) >= 11 is 0. The van der Waals surface area contributed by atoms with Gasteiger partial charge in [0.05, 0.1) is 6.04 Å². The van der Waals surface area contributed by atoms with E-state index in [2.05, 4.69) is 15.3 Å². The molecule has 1 aromatic rings. The van der Waals surface area contributed by atoms with Gasteiger partial charge in [-0.3, -0.25) is 4.79 Å². The second kappa shape index (κ2) is 7.91. The maximum Gasteiger partial charge on any atom is 0.220 e. The summed E-state index contributed by atoms with van der Waals surface area (Å²) in [6.45, 7) is 7.68. The van der Waals surface area contributed by atoms with Gasteiger partial charge in [-0.1, -0.05) is 20.8 Å². The van der Waals surface area contributed by atoms with E-state index in [1.54, 1.807) is 18.5 Å². The van der Waals surface area contributed by atoms with E-state index in [4.69, 9.17) is 0 Å². The highest BCUT2D eigenvalue weighted by Gasteiger charge is 2.09. The molecule has 0 aliphatic carbocycles. The van der Waals surface area contributed by atoms with Gasteiger partial charge in [-0.15, -0.1) is 0 Å². The molecule has 0 bridgehead atoms. The summed E-state index contributed by atoms with van der Waals surface area (Å²) in [7, 11) is 0. The van der Waals surface area contributed by atoms with E-state index in [1.807, 2.05) is 27.7 Å². The molecular weight excluding hydrogens is 190 g/mol. The maximum absolute atomic E-state index is 11.0. The number of carbonyl (C=O) groups is 1. The minimum atomic E-state index is -0.117. The molecule has 0 aliphatic rings. The molecular formula is C11H19N3O. The summed E-state index contributed by atoms with van der Waals surface area (Å²) in [4.78, 5) is 19.1. The van der Waals surface area contributed by atoms with E-state index >= 15 is 0 Å². The minimum absolute atomic E-state index is 0.0138. The maximum atomic E-state index is 11.0. The van der Waals surface area contributed by atoms with Crippen molar-refractivity contribution < 1.29 is 4.79 Å². The van der Waals surface area contributed by atoms with Gasteiger partial charge >= 0.3 is 0 Å². The van der Waals surface area contributed by atoms with Crippen molar-refractivity contribution in [1.29, 1.82) is 0 Å². The summed E-state index contributed by atoms with van der Waals surface area (Å²) in [6.07, 6.45) is 3.81. The zero-order valence-electron chi connectivity index (χ0n) is 9.82. The molecule has 1 N–H and O–H groups in total. The van der Waals surface area contributed by atoms with Crippen LogP contribution in [0.2, 0.25) is 0 Å². The first-order valence-corrected chi connectivity index (χ1v) is 5.30. The predicted molar refractivity (Wildman–Crippen MR) is 60.2 cm³/mol. The van der Waals surface area contributed by atoms with Crippen LogP contribution < -0.4 is 5.32 Å². The normalized spacial score (nSPS) is 10.9. The lowest BCUT2D eigenvalue weighted by Gasteiger charge is -2.10. The lowest BCUT2D eigenvalue weighted by atomic mass is 10.3. The van der Waals surface area contributed by atoms with Crippen LogP contribution in [0.25, 0.3) is 0 Å². The largest absolute Gasteiger partial charge is 0.346 e. The average molecular weight is 209 g/mol. The Bertz CT molecular complexity index is 274. The number of nitrogens with one attached hydrogen (secondary N) is 1. The highest BCUT2D eigenvalue weighted by atomic mass is 16.1. The number of aromatic nitrogens is 2. The molecule has 1 aromatic heterocycles. The molecule has 15 heavy (non-hydrogen) atoms. The number of carbonyl (C=O) groups excluding carboxylic acids is 1. The number of nitrogens with zero attached hydrogens (tertiary/aromatic N) is 2. The van der Waals surface area contributed by atoms with E-state index in [0.29, 0.717) is 12.2 Å². The zero-order chi connectivity index (χ0) is 11.7. The molecule has 0 radical (unpaired) electrons. The van der Waals surface area contributed by atoms with Crippen LogP contribution in [0.1, 0.15) is 46.0 Å². The first kappa shape index (κ1) is 13.5. The van der Waals surface area contributed by atoms with Crippen molar-refractivity contribution in [3.8, 4) is 0 Å². The Morgan fingerprint density at radius 1 is 1.40 bits per heavy atom. The molecule has 0 spiro atoms. The predicted octanol–water partition coefficient (Wildman–Crippen LogP) is 2.09. The van der Waals surface area contributed by atoms with E-state index in [1.165, 1.54) is 0 Å². The van der Waals surface area contributed by atoms with Gasteiger partial charge in [0.1, 0.15) is 5.82 Å². The second-order valence-corrected chi connectivity index (χ2v) is 2.75. The van der Waals surface area contributed by atoms with E-state index in [-0.39, 0.29) is 11.9 Å². The molecule has 0 aromatic carbocycles. The summed E-state index contributed by atoms with van der Waals surface area (Å²) in [6, 6.07) is 1.63. The van der Waals surface area contributed by atoms with Gasteiger partial charge in [-0.2, -0.15) is 0 Å². The van der Waals surface area contributed by atoms with Crippen LogP contribution in [0.3, 0.4) is 0 Å².